The van der Waals surface area contributed by atoms with Gasteiger partial charge < -0.3 is 36.4 Å². The second-order valence-electron chi connectivity index (χ2n) is 12.6. The highest BCUT2D eigenvalue weighted by Gasteiger charge is 2.56. The second-order valence-corrected chi connectivity index (χ2v) is 14.0. The number of hydrogen-bond acceptors (Lipinski definition) is 10. The molecule has 1 aromatic rings. The van der Waals surface area contributed by atoms with Crippen molar-refractivity contribution in [1.29, 1.82) is 0 Å². The van der Waals surface area contributed by atoms with Gasteiger partial charge in [-0.15, -0.1) is 11.8 Å². The van der Waals surface area contributed by atoms with Crippen molar-refractivity contribution in [2.45, 2.75) is 87.3 Å². The van der Waals surface area contributed by atoms with E-state index in [9.17, 15) is 29.1 Å². The fourth-order valence-electron chi connectivity index (χ4n) is 6.94. The van der Waals surface area contributed by atoms with E-state index in [0.29, 0.717) is 18.6 Å². The minimum absolute atomic E-state index is 0.0611. The topological polar surface area (TPSA) is 218 Å². The maximum absolute atomic E-state index is 13.5. The van der Waals surface area contributed by atoms with E-state index in [0.717, 1.165) is 55.2 Å². The van der Waals surface area contributed by atoms with E-state index in [2.05, 4.69) is 22.5 Å². The maximum atomic E-state index is 13.5. The molecule has 0 unspecified atom stereocenters. The molecule has 2 bridgehead atoms. The summed E-state index contributed by atoms with van der Waals surface area (Å²) in [5.74, 6) is -4.92. The number of nitrogens with two attached hydrogens (primary N) is 1. The first-order valence-electron chi connectivity index (χ1n) is 15.8. The summed E-state index contributed by atoms with van der Waals surface area (Å²) in [5.41, 5.74) is 8.34. The molecular weight excluding hydrogens is 628 g/mol. The molecule has 4 aliphatic rings. The monoisotopic (exact) mass is 668 g/mol. The number of carbonyl (C=O) groups is 5. The van der Waals surface area contributed by atoms with Gasteiger partial charge in [0.1, 0.15) is 23.8 Å². The average Bonchev–Trinajstić information content (AvgIpc) is 3.39. The van der Waals surface area contributed by atoms with Crippen molar-refractivity contribution < 1.29 is 44.0 Å². The van der Waals surface area contributed by atoms with Crippen LogP contribution in [-0.2, 0) is 35.1 Å². The first-order chi connectivity index (χ1) is 22.4. The number of aliphatic hydroxyl groups excluding tert-OH is 1. The standard InChI is InChI=1S/C33H40N4O9S/c34-22(29(41)42)5-6-24(38)36-23(27(39)37-28(40)30(43)44)18-47-33-10-4-2-1-3-9-32(11-12-33)17-20(15-19-7-13-35-14-8-19)16-21-25(32)26(33)46-31(21)45/h7-8,11-14,16,21-23,28,40H,1-6,9-10,15,17-18,34H2,(H,36,38)(H,37,39)(H,41,42)(H,43,44)/t21-,22+,23+,28+,32+,33+/m1/s1. The minimum atomic E-state index is -2.20. The molecule has 14 heteroatoms. The van der Waals surface area contributed by atoms with Crippen LogP contribution in [0.4, 0.5) is 0 Å². The molecule has 3 aliphatic carbocycles. The number of ether oxygens (including phenoxy) is 1. The lowest BCUT2D eigenvalue weighted by molar-refractivity contribution is -0.151. The van der Waals surface area contributed by atoms with E-state index in [-0.39, 0.29) is 24.6 Å². The first kappa shape index (κ1) is 34.3. The summed E-state index contributed by atoms with van der Waals surface area (Å²) in [5, 5.41) is 32.5. The number of carboxylic acids is 2. The molecule has 1 spiro atoms. The molecule has 1 aromatic heterocycles. The van der Waals surface area contributed by atoms with Crippen LogP contribution in [0.15, 0.2) is 59.7 Å². The molecule has 0 radical (unpaired) electrons. The van der Waals surface area contributed by atoms with Crippen LogP contribution >= 0.6 is 11.8 Å². The molecule has 47 heavy (non-hydrogen) atoms. The Balaban J connectivity index is 1.44. The highest BCUT2D eigenvalue weighted by atomic mass is 32.2. The number of thioether (sulfide) groups is 1. The van der Waals surface area contributed by atoms with Crippen molar-refractivity contribution in [1.82, 2.24) is 15.6 Å². The lowest BCUT2D eigenvalue weighted by Gasteiger charge is -2.45. The van der Waals surface area contributed by atoms with Gasteiger partial charge in [0.15, 0.2) is 0 Å². The molecule has 13 nitrogen and oxygen atoms in total. The smallest absolute Gasteiger partial charge is 0.353 e. The number of amides is 2. The number of nitrogens with one attached hydrogen (secondary N) is 2. The highest BCUT2D eigenvalue weighted by Crippen LogP contribution is 2.60. The van der Waals surface area contributed by atoms with E-state index in [4.69, 9.17) is 20.7 Å². The van der Waals surface area contributed by atoms with Crippen molar-refractivity contribution in [2.24, 2.45) is 17.1 Å². The Labute approximate surface area is 276 Å². The van der Waals surface area contributed by atoms with Crippen molar-refractivity contribution in [3.8, 4) is 0 Å². The quantitative estimate of drug-likeness (QED) is 0.101. The Bertz CT molecular complexity index is 1510. The van der Waals surface area contributed by atoms with E-state index in [1.54, 1.807) is 12.4 Å². The molecule has 0 aromatic carbocycles. The van der Waals surface area contributed by atoms with Gasteiger partial charge in [0, 0.05) is 30.0 Å². The number of rotatable bonds is 13. The number of aliphatic carboxylic acids is 2. The average molecular weight is 669 g/mol. The van der Waals surface area contributed by atoms with Crippen LogP contribution in [0, 0.1) is 11.3 Å². The molecule has 0 fully saturated rings. The van der Waals surface area contributed by atoms with Crippen LogP contribution in [0.5, 0.6) is 0 Å². The number of carbonyl (C=O) groups excluding carboxylic acids is 3. The summed E-state index contributed by atoms with van der Waals surface area (Å²) in [6.45, 7) is 0. The van der Waals surface area contributed by atoms with Crippen LogP contribution in [0.3, 0.4) is 0 Å². The Morgan fingerprint density at radius 3 is 2.47 bits per heavy atom. The molecule has 7 N–H and O–H groups in total. The largest absolute Gasteiger partial charge is 0.480 e. The normalized spacial score (nSPS) is 26.7. The van der Waals surface area contributed by atoms with E-state index in [1.807, 2.05) is 23.5 Å². The Kier molecular flexibility index (Phi) is 10.5. The third-order valence-electron chi connectivity index (χ3n) is 9.32. The number of carboxylic acid groups (broad SMARTS) is 2. The van der Waals surface area contributed by atoms with Gasteiger partial charge in [-0.25, -0.2) is 4.79 Å². The summed E-state index contributed by atoms with van der Waals surface area (Å²) in [4.78, 5) is 65.9. The van der Waals surface area contributed by atoms with Crippen molar-refractivity contribution in [3.05, 3.63) is 65.2 Å². The lowest BCUT2D eigenvalue weighted by atomic mass is 9.60. The number of esters is 1. The SMILES string of the molecule is N[C@@H](CCC(=O)N[C@@H](CS[C@]12C=C[C@@]3(CCCCCC1)CC(Cc1ccncc1)=C[C@H]1C(=O)OC2=C13)C(=O)N[C@@H](O)C(=O)O)C(=O)O. The van der Waals surface area contributed by atoms with Gasteiger partial charge in [-0.3, -0.25) is 24.2 Å². The Hall–Kier alpha value is -4.01. The summed E-state index contributed by atoms with van der Waals surface area (Å²) in [7, 11) is 0. The van der Waals surface area contributed by atoms with Crippen LogP contribution in [0.2, 0.25) is 0 Å². The van der Waals surface area contributed by atoms with Gasteiger partial charge in [-0.2, -0.15) is 0 Å². The predicted molar refractivity (Wildman–Crippen MR) is 170 cm³/mol. The number of fused-ring (bicyclic) bond motifs is 2. The molecule has 6 atom stereocenters. The second kappa shape index (κ2) is 14.4. The number of hydrogen-bond donors (Lipinski definition) is 6. The third kappa shape index (κ3) is 7.60. The Morgan fingerprint density at radius 1 is 1.04 bits per heavy atom. The van der Waals surface area contributed by atoms with Gasteiger partial charge >= 0.3 is 17.9 Å². The molecule has 5 rings (SSSR count). The molecule has 1 aliphatic heterocycles. The van der Waals surface area contributed by atoms with Gasteiger partial charge in [0.05, 0.1) is 4.75 Å². The van der Waals surface area contributed by atoms with Crippen molar-refractivity contribution in [3.63, 3.8) is 0 Å². The highest BCUT2D eigenvalue weighted by molar-refractivity contribution is 8.01. The van der Waals surface area contributed by atoms with Gasteiger partial charge in [-0.1, -0.05) is 49.5 Å². The maximum Gasteiger partial charge on any atom is 0.353 e. The molecular formula is C33H40N4O9S. The summed E-state index contributed by atoms with van der Waals surface area (Å²) in [6, 6.07) is 1.35. The molecule has 0 saturated carbocycles. The Morgan fingerprint density at radius 2 is 1.77 bits per heavy atom. The zero-order valence-corrected chi connectivity index (χ0v) is 26.7. The third-order valence-corrected chi connectivity index (χ3v) is 10.9. The number of pyridine rings is 1. The van der Waals surface area contributed by atoms with Gasteiger partial charge in [0.25, 0.3) is 0 Å². The van der Waals surface area contributed by atoms with Crippen LogP contribution in [0.1, 0.15) is 63.4 Å². The number of nitrogens with zero attached hydrogens (tertiary/aromatic N) is 1. The van der Waals surface area contributed by atoms with E-state index in [1.165, 1.54) is 11.8 Å². The number of aliphatic hydroxyl groups is 1. The zero-order valence-electron chi connectivity index (χ0n) is 25.9. The fraction of sp³-hybridized carbons (Fsp3) is 0.515. The number of aromatic nitrogens is 1. The van der Waals surface area contributed by atoms with E-state index < -0.39 is 58.1 Å². The number of allylic oxidation sites excluding steroid dienone is 2. The predicted octanol–water partition coefficient (Wildman–Crippen LogP) is 1.96. The van der Waals surface area contributed by atoms with Crippen LogP contribution < -0.4 is 16.4 Å². The molecule has 2 amide bonds. The molecule has 2 heterocycles. The van der Waals surface area contributed by atoms with Crippen molar-refractivity contribution >= 4 is 41.5 Å². The molecule has 252 valence electrons. The summed E-state index contributed by atoms with van der Waals surface area (Å²) >= 11 is 1.31. The minimum Gasteiger partial charge on any atom is -0.480 e. The molecule has 0 saturated heterocycles. The van der Waals surface area contributed by atoms with Gasteiger partial charge in [0.2, 0.25) is 18.0 Å². The fourth-order valence-corrected chi connectivity index (χ4v) is 8.37. The first-order valence-corrected chi connectivity index (χ1v) is 16.8. The van der Waals surface area contributed by atoms with E-state index >= 15 is 0 Å². The van der Waals surface area contributed by atoms with Gasteiger partial charge in [-0.05, 0) is 55.4 Å². The lowest BCUT2D eigenvalue weighted by Crippen LogP contribution is -2.53. The summed E-state index contributed by atoms with van der Waals surface area (Å²) < 4.78 is 5.30. The zero-order chi connectivity index (χ0) is 33.8. The summed E-state index contributed by atoms with van der Waals surface area (Å²) in [6.07, 6.45) is 13.8. The van der Waals surface area contributed by atoms with Crippen LogP contribution in [-0.4, -0.2) is 78.8 Å². The van der Waals surface area contributed by atoms with Crippen molar-refractivity contribution in [2.75, 3.05) is 5.75 Å². The van der Waals surface area contributed by atoms with Crippen LogP contribution in [0.25, 0.3) is 0 Å².